The van der Waals surface area contributed by atoms with Crippen LogP contribution in [0.4, 0.5) is 5.69 Å². The first-order valence-corrected chi connectivity index (χ1v) is 12.9. The number of rotatable bonds is 8. The molecule has 7 nitrogen and oxygen atoms in total. The Balaban J connectivity index is 1.83. The van der Waals surface area contributed by atoms with E-state index in [-0.39, 0.29) is 12.1 Å². The fraction of sp³-hybridized carbons (Fsp3) is 0.0606. The molecular weight excluding hydrogens is 500 g/mol. The minimum absolute atomic E-state index is 0.0750. The Bertz CT molecular complexity index is 1710. The van der Waals surface area contributed by atoms with Crippen molar-refractivity contribution in [1.29, 1.82) is 0 Å². The number of fused-ring (bicyclic) bond motifs is 1. The van der Waals surface area contributed by atoms with Gasteiger partial charge in [-0.25, -0.2) is 4.68 Å². The largest absolute Gasteiger partial charge is 0.303 e. The molecule has 0 unspecified atom stereocenters. The van der Waals surface area contributed by atoms with Crippen molar-refractivity contribution >= 4 is 22.9 Å². The molecule has 0 fully saturated rings. The highest BCUT2D eigenvalue weighted by Crippen LogP contribution is 2.45. The summed E-state index contributed by atoms with van der Waals surface area (Å²) in [6.45, 7) is 0. The van der Waals surface area contributed by atoms with Gasteiger partial charge in [-0.05, 0) is 34.9 Å². The second-order valence-corrected chi connectivity index (χ2v) is 9.43. The van der Waals surface area contributed by atoms with Crippen molar-refractivity contribution < 1.29 is 9.72 Å². The number of aldehydes is 1. The molecule has 6 rings (SSSR count). The summed E-state index contributed by atoms with van der Waals surface area (Å²) in [6, 6.07) is 37.1. The smallest absolute Gasteiger partial charge is 0.275 e. The molecule has 6 aromatic rings. The molecule has 0 bridgehead atoms. The minimum Gasteiger partial charge on any atom is -0.303 e. The maximum absolute atomic E-state index is 12.2. The molecule has 0 aliphatic rings. The highest BCUT2D eigenvalue weighted by atomic mass is 16.6. The van der Waals surface area contributed by atoms with Crippen LogP contribution in [0.1, 0.15) is 22.3 Å². The van der Waals surface area contributed by atoms with E-state index in [1.54, 1.807) is 24.5 Å². The minimum atomic E-state index is -0.979. The summed E-state index contributed by atoms with van der Waals surface area (Å²) in [6.07, 6.45) is 3.99. The normalized spacial score (nSPS) is 11.4. The molecule has 7 heteroatoms. The van der Waals surface area contributed by atoms with Gasteiger partial charge in [0.2, 0.25) is 0 Å². The molecule has 0 spiro atoms. The van der Waals surface area contributed by atoms with Gasteiger partial charge in [0.25, 0.3) is 5.69 Å². The molecule has 4 aromatic carbocycles. The van der Waals surface area contributed by atoms with E-state index < -0.39 is 10.5 Å². The number of carbonyl (C=O) groups excluding carboxylic acids is 1. The van der Waals surface area contributed by atoms with Gasteiger partial charge in [0.15, 0.2) is 0 Å². The molecule has 0 amide bonds. The van der Waals surface area contributed by atoms with Gasteiger partial charge < -0.3 is 4.79 Å². The van der Waals surface area contributed by atoms with E-state index in [2.05, 4.69) is 41.4 Å². The number of carbonyl (C=O) groups is 1. The van der Waals surface area contributed by atoms with Crippen molar-refractivity contribution in [3.05, 3.63) is 160 Å². The number of benzene rings is 4. The number of hydrogen-bond acceptors (Lipinski definition) is 5. The summed E-state index contributed by atoms with van der Waals surface area (Å²) in [5.74, 6) is 0. The fourth-order valence-electron chi connectivity index (χ4n) is 5.50. The zero-order valence-electron chi connectivity index (χ0n) is 21.4. The Morgan fingerprint density at radius 1 is 0.775 bits per heavy atom. The number of hydrogen-bond donors (Lipinski definition) is 0. The van der Waals surface area contributed by atoms with Gasteiger partial charge in [-0.2, -0.15) is 5.10 Å². The van der Waals surface area contributed by atoms with E-state index in [9.17, 15) is 14.9 Å². The van der Waals surface area contributed by atoms with Gasteiger partial charge >= 0.3 is 0 Å². The van der Waals surface area contributed by atoms with E-state index in [0.29, 0.717) is 28.4 Å². The highest BCUT2D eigenvalue weighted by Gasteiger charge is 2.41. The van der Waals surface area contributed by atoms with Crippen molar-refractivity contribution in [3.63, 3.8) is 0 Å². The molecule has 0 saturated heterocycles. The summed E-state index contributed by atoms with van der Waals surface area (Å²) in [4.78, 5) is 27.5. The first-order valence-electron chi connectivity index (χ1n) is 12.9. The summed E-state index contributed by atoms with van der Waals surface area (Å²) in [5, 5.41) is 18.2. The number of nitro groups is 1. The molecule has 0 atom stereocenters. The van der Waals surface area contributed by atoms with Crippen LogP contribution in [-0.2, 0) is 16.8 Å². The summed E-state index contributed by atoms with van der Waals surface area (Å²) >= 11 is 0. The summed E-state index contributed by atoms with van der Waals surface area (Å²) in [7, 11) is 0. The monoisotopic (exact) mass is 524 g/mol. The Morgan fingerprint density at radius 3 is 1.77 bits per heavy atom. The third-order valence-corrected chi connectivity index (χ3v) is 7.23. The van der Waals surface area contributed by atoms with Crippen LogP contribution in [0.2, 0.25) is 0 Å². The molecule has 2 aromatic heterocycles. The lowest BCUT2D eigenvalue weighted by Crippen LogP contribution is -2.38. The molecule has 0 N–H and O–H groups in total. The Hall–Kier alpha value is -5.43. The standard InChI is InChI=1S/C33H24N4O3/c38-21-18-25-22-29-31(23-30(25)37(39)40)36(35-32(29)24-16-19-34-20-17-24)33(26-10-4-1-5-11-26,27-12-6-2-7-13-27)28-14-8-3-9-15-28/h1-17,19-23H,18H2. The Kier molecular flexibility index (Phi) is 6.46. The number of pyridine rings is 1. The van der Waals surface area contributed by atoms with Gasteiger partial charge in [0, 0.05) is 41.4 Å². The van der Waals surface area contributed by atoms with Crippen molar-refractivity contribution in [2.24, 2.45) is 0 Å². The van der Waals surface area contributed by atoms with Crippen molar-refractivity contribution in [2.75, 3.05) is 0 Å². The van der Waals surface area contributed by atoms with Crippen molar-refractivity contribution in [1.82, 2.24) is 14.8 Å². The zero-order chi connectivity index (χ0) is 27.5. The number of nitro benzene ring substituents is 1. The molecular formula is C33H24N4O3. The highest BCUT2D eigenvalue weighted by molar-refractivity contribution is 5.96. The molecule has 40 heavy (non-hydrogen) atoms. The molecule has 0 aliphatic carbocycles. The molecule has 2 heterocycles. The van der Waals surface area contributed by atoms with Crippen LogP contribution < -0.4 is 0 Å². The quantitative estimate of drug-likeness (QED) is 0.0970. The number of aromatic nitrogens is 3. The van der Waals surface area contributed by atoms with E-state index in [1.807, 2.05) is 71.4 Å². The summed E-state index contributed by atoms with van der Waals surface area (Å²) < 4.78 is 1.90. The lowest BCUT2D eigenvalue weighted by Gasteiger charge is -2.37. The van der Waals surface area contributed by atoms with Gasteiger partial charge in [0.1, 0.15) is 17.5 Å². The Labute approximate surface area is 230 Å². The zero-order valence-corrected chi connectivity index (χ0v) is 21.4. The molecule has 0 saturated carbocycles. The van der Waals surface area contributed by atoms with Crippen molar-refractivity contribution in [2.45, 2.75) is 12.0 Å². The second-order valence-electron chi connectivity index (χ2n) is 9.43. The van der Waals surface area contributed by atoms with Crippen molar-refractivity contribution in [3.8, 4) is 11.3 Å². The average molecular weight is 525 g/mol. The molecule has 0 radical (unpaired) electrons. The predicted molar refractivity (Wildman–Crippen MR) is 154 cm³/mol. The lowest BCUT2D eigenvalue weighted by atomic mass is 9.77. The van der Waals surface area contributed by atoms with Crippen LogP contribution in [-0.4, -0.2) is 26.0 Å². The predicted octanol–water partition coefficient (Wildman–Crippen LogP) is 6.59. The van der Waals surface area contributed by atoms with Gasteiger partial charge in [0.05, 0.1) is 10.4 Å². The fourth-order valence-corrected chi connectivity index (χ4v) is 5.50. The first-order chi connectivity index (χ1) is 19.6. The lowest BCUT2D eigenvalue weighted by molar-refractivity contribution is -0.385. The van der Waals surface area contributed by atoms with Crippen LogP contribution in [0.15, 0.2) is 128 Å². The number of nitrogens with zero attached hydrogens (tertiary/aromatic N) is 4. The van der Waals surface area contributed by atoms with Crippen LogP contribution in [0, 0.1) is 10.1 Å². The molecule has 0 aliphatic heterocycles. The molecule has 194 valence electrons. The van der Waals surface area contributed by atoms with E-state index in [4.69, 9.17) is 5.10 Å². The van der Waals surface area contributed by atoms with Gasteiger partial charge in [-0.1, -0.05) is 91.0 Å². The maximum Gasteiger partial charge on any atom is 0.275 e. The van der Waals surface area contributed by atoms with Crippen LogP contribution >= 0.6 is 0 Å². The maximum atomic E-state index is 12.2. The Morgan fingerprint density at radius 2 is 1.30 bits per heavy atom. The van der Waals surface area contributed by atoms with E-state index in [1.165, 1.54) is 0 Å². The summed E-state index contributed by atoms with van der Waals surface area (Å²) in [5.41, 5.74) is 4.10. The second kappa shape index (κ2) is 10.4. The van der Waals surface area contributed by atoms with Crippen LogP contribution in [0.3, 0.4) is 0 Å². The van der Waals surface area contributed by atoms with E-state index in [0.717, 1.165) is 22.3 Å². The first kappa shape index (κ1) is 24.9. The topological polar surface area (TPSA) is 90.9 Å². The third kappa shape index (κ3) is 4.05. The van der Waals surface area contributed by atoms with Crippen LogP contribution in [0.25, 0.3) is 22.2 Å². The SMILES string of the molecule is O=CCc1cc2c(-c3ccncc3)nn(C(c3ccccc3)(c3ccccc3)c3ccccc3)c2cc1[N+](=O)[O-]. The van der Waals surface area contributed by atoms with Gasteiger partial charge in [-0.15, -0.1) is 0 Å². The van der Waals surface area contributed by atoms with Crippen LogP contribution in [0.5, 0.6) is 0 Å². The van der Waals surface area contributed by atoms with Gasteiger partial charge in [-0.3, -0.25) is 15.1 Å². The average Bonchev–Trinajstić information content (AvgIpc) is 3.38. The van der Waals surface area contributed by atoms with E-state index >= 15 is 0 Å². The third-order valence-electron chi connectivity index (χ3n) is 7.23.